The number of ether oxygens (including phenoxy) is 1. The molecule has 29 heavy (non-hydrogen) atoms. The van der Waals surface area contributed by atoms with Gasteiger partial charge in [-0.2, -0.15) is 5.10 Å². The first kappa shape index (κ1) is 20.6. The van der Waals surface area contributed by atoms with Crippen molar-refractivity contribution in [2.75, 3.05) is 13.1 Å². The summed E-state index contributed by atoms with van der Waals surface area (Å²) in [4.78, 5) is 17.1. The van der Waals surface area contributed by atoms with E-state index >= 15 is 0 Å². The van der Waals surface area contributed by atoms with Crippen molar-refractivity contribution in [2.24, 2.45) is 0 Å². The maximum Gasteiger partial charge on any atom is 0.293 e. The van der Waals surface area contributed by atoms with Crippen molar-refractivity contribution < 1.29 is 9.53 Å². The Labute approximate surface area is 170 Å². The fourth-order valence-corrected chi connectivity index (χ4v) is 3.18. The van der Waals surface area contributed by atoms with Gasteiger partial charge in [-0.05, 0) is 52.8 Å². The molecule has 3 aromatic rings. The molecule has 0 unspecified atom stereocenters. The first-order chi connectivity index (χ1) is 13.9. The fourth-order valence-electron chi connectivity index (χ4n) is 3.18. The molecule has 0 bridgehead atoms. The molecular weight excluding hydrogens is 366 g/mol. The van der Waals surface area contributed by atoms with Crippen LogP contribution in [-0.2, 0) is 9.53 Å². The number of pyridine rings is 1. The predicted octanol–water partition coefficient (Wildman–Crippen LogP) is 3.29. The first-order valence-corrected chi connectivity index (χ1v) is 9.71. The smallest absolute Gasteiger partial charge is 0.293 e. The maximum atomic E-state index is 9.60. The fraction of sp³-hybridized carbons (Fsp3) is 0.409. The lowest BCUT2D eigenvalue weighted by atomic mass is 10.1. The normalized spacial score (nSPS) is 14.7. The quantitative estimate of drug-likeness (QED) is 0.527. The van der Waals surface area contributed by atoms with Gasteiger partial charge in [0.25, 0.3) is 6.47 Å². The van der Waals surface area contributed by atoms with E-state index in [1.54, 1.807) is 0 Å². The third-order valence-electron chi connectivity index (χ3n) is 4.71. The summed E-state index contributed by atoms with van der Waals surface area (Å²) >= 11 is 0. The van der Waals surface area contributed by atoms with Gasteiger partial charge >= 0.3 is 0 Å². The highest BCUT2D eigenvalue weighted by Gasteiger charge is 2.16. The number of carbonyl (C=O) groups is 1. The second-order valence-electron chi connectivity index (χ2n) is 7.98. The van der Waals surface area contributed by atoms with Crippen LogP contribution in [0, 0.1) is 12.3 Å². The summed E-state index contributed by atoms with van der Waals surface area (Å²) in [7, 11) is 0. The molecule has 4 rings (SSSR count). The summed E-state index contributed by atoms with van der Waals surface area (Å²) in [5.74, 6) is 2.69. The minimum atomic E-state index is -0.318. The van der Waals surface area contributed by atoms with Gasteiger partial charge < -0.3 is 15.0 Å². The number of aromatic nitrogens is 4. The number of carbonyl (C=O) groups excluding carboxylic acids is 1. The van der Waals surface area contributed by atoms with Crippen LogP contribution in [0.3, 0.4) is 0 Å². The Balaban J connectivity index is 0.000000298. The van der Waals surface area contributed by atoms with Crippen LogP contribution in [0.4, 0.5) is 0 Å². The van der Waals surface area contributed by atoms with E-state index in [4.69, 9.17) is 6.42 Å². The Morgan fingerprint density at radius 3 is 2.66 bits per heavy atom. The lowest BCUT2D eigenvalue weighted by molar-refractivity contribution is -0.138. The van der Waals surface area contributed by atoms with E-state index in [-0.39, 0.29) is 5.60 Å². The average molecular weight is 393 g/mol. The number of aromatic amines is 1. The van der Waals surface area contributed by atoms with Crippen molar-refractivity contribution in [3.8, 4) is 23.5 Å². The van der Waals surface area contributed by atoms with Crippen molar-refractivity contribution >= 4 is 17.5 Å². The van der Waals surface area contributed by atoms with Crippen LogP contribution in [0.5, 0.6) is 0 Å². The number of H-pyrrole nitrogens is 1. The lowest BCUT2D eigenvalue weighted by Crippen LogP contribution is -2.29. The molecule has 0 radical (unpaired) electrons. The lowest BCUT2D eigenvalue weighted by Gasteiger charge is -2.22. The number of fused-ring (bicyclic) bond motifs is 1. The zero-order valence-corrected chi connectivity index (χ0v) is 17.1. The van der Waals surface area contributed by atoms with E-state index in [2.05, 4.69) is 48.0 Å². The van der Waals surface area contributed by atoms with Gasteiger partial charge in [0.15, 0.2) is 0 Å². The highest BCUT2D eigenvalue weighted by Crippen LogP contribution is 2.26. The van der Waals surface area contributed by atoms with Crippen LogP contribution >= 0.6 is 0 Å². The molecular formula is C22H27N5O2. The Morgan fingerprint density at radius 1 is 1.28 bits per heavy atom. The molecule has 1 aliphatic rings. The first-order valence-electron chi connectivity index (χ1n) is 9.71. The molecule has 0 saturated carbocycles. The zero-order chi connectivity index (χ0) is 20.9. The summed E-state index contributed by atoms with van der Waals surface area (Å²) in [5, 5.41) is 8.90. The van der Waals surface area contributed by atoms with Crippen LogP contribution in [0.1, 0.15) is 45.2 Å². The van der Waals surface area contributed by atoms with Crippen LogP contribution in [0.2, 0.25) is 0 Å². The molecule has 152 valence electrons. The number of piperidine rings is 1. The molecule has 4 heterocycles. The summed E-state index contributed by atoms with van der Waals surface area (Å²) in [5.41, 5.74) is 3.47. The average Bonchev–Trinajstić information content (AvgIpc) is 3.35. The Kier molecular flexibility index (Phi) is 6.35. The van der Waals surface area contributed by atoms with Crippen molar-refractivity contribution in [2.45, 2.75) is 45.3 Å². The standard InChI is InChI=1S/C17H17N5.C5H10O2/c1-2-12-8-19-17-16(12)7-13(9-20-17)14-10-21-22(11-14)15-3-5-18-6-4-15;1-5(2,3)7-4-6/h1,7-11,15,18H,3-6H2,(H,19,20);4H,1-3H3. The molecule has 3 aromatic heterocycles. The zero-order valence-electron chi connectivity index (χ0n) is 17.1. The van der Waals surface area contributed by atoms with Crippen molar-refractivity contribution in [1.29, 1.82) is 0 Å². The van der Waals surface area contributed by atoms with Gasteiger partial charge in [0.1, 0.15) is 11.2 Å². The number of terminal acetylenes is 1. The third kappa shape index (κ3) is 5.24. The van der Waals surface area contributed by atoms with E-state index in [0.717, 1.165) is 53.7 Å². The largest absolute Gasteiger partial charge is 0.462 e. The number of nitrogens with one attached hydrogen (secondary N) is 2. The Morgan fingerprint density at radius 2 is 2.03 bits per heavy atom. The summed E-state index contributed by atoms with van der Waals surface area (Å²) in [6.07, 6.45) is 15.5. The number of rotatable bonds is 3. The Bertz CT molecular complexity index is 1000. The topological polar surface area (TPSA) is 84.8 Å². The van der Waals surface area contributed by atoms with Crippen molar-refractivity contribution in [3.63, 3.8) is 0 Å². The van der Waals surface area contributed by atoms with E-state index in [1.807, 2.05) is 39.4 Å². The van der Waals surface area contributed by atoms with E-state index in [9.17, 15) is 4.79 Å². The molecule has 0 atom stereocenters. The highest BCUT2D eigenvalue weighted by molar-refractivity contribution is 5.86. The maximum absolute atomic E-state index is 9.60. The van der Waals surface area contributed by atoms with Crippen LogP contribution < -0.4 is 5.32 Å². The summed E-state index contributed by atoms with van der Waals surface area (Å²) in [6.45, 7) is 8.04. The molecule has 7 nitrogen and oxygen atoms in total. The number of nitrogens with zero attached hydrogens (tertiary/aromatic N) is 3. The SMILES string of the molecule is C#Cc1c[nH]c2ncc(-c3cnn(C4CCNCC4)c3)cc12.CC(C)(C)OC=O. The van der Waals surface area contributed by atoms with Gasteiger partial charge in [0.2, 0.25) is 0 Å². The monoisotopic (exact) mass is 393 g/mol. The summed E-state index contributed by atoms with van der Waals surface area (Å²) < 4.78 is 6.63. The molecule has 0 aromatic carbocycles. The van der Waals surface area contributed by atoms with E-state index in [1.165, 1.54) is 0 Å². The number of hydrogen-bond donors (Lipinski definition) is 2. The molecule has 1 aliphatic heterocycles. The number of hydrogen-bond acceptors (Lipinski definition) is 5. The third-order valence-corrected chi connectivity index (χ3v) is 4.71. The van der Waals surface area contributed by atoms with Gasteiger partial charge in [0.05, 0.1) is 17.8 Å². The van der Waals surface area contributed by atoms with Crippen molar-refractivity contribution in [1.82, 2.24) is 25.1 Å². The second-order valence-corrected chi connectivity index (χ2v) is 7.98. The van der Waals surface area contributed by atoms with Crippen LogP contribution in [-0.4, -0.2) is 44.9 Å². The molecule has 0 amide bonds. The molecule has 1 saturated heterocycles. The van der Waals surface area contributed by atoms with Gasteiger partial charge in [-0.25, -0.2) is 4.98 Å². The van der Waals surface area contributed by atoms with Gasteiger partial charge in [-0.1, -0.05) is 5.92 Å². The van der Waals surface area contributed by atoms with Gasteiger partial charge in [0, 0.05) is 35.1 Å². The van der Waals surface area contributed by atoms with Gasteiger partial charge in [-0.3, -0.25) is 9.48 Å². The van der Waals surface area contributed by atoms with Crippen LogP contribution in [0.15, 0.2) is 30.9 Å². The van der Waals surface area contributed by atoms with E-state index < -0.39 is 0 Å². The van der Waals surface area contributed by atoms with E-state index in [0.29, 0.717) is 12.5 Å². The molecule has 2 N–H and O–H groups in total. The minimum Gasteiger partial charge on any atom is -0.462 e. The van der Waals surface area contributed by atoms with Gasteiger partial charge in [-0.15, -0.1) is 6.42 Å². The molecule has 1 fully saturated rings. The summed E-state index contributed by atoms with van der Waals surface area (Å²) in [6, 6.07) is 2.57. The second kappa shape index (κ2) is 8.93. The van der Waals surface area contributed by atoms with Crippen molar-refractivity contribution in [3.05, 3.63) is 36.4 Å². The molecule has 0 spiro atoms. The minimum absolute atomic E-state index is 0.318. The molecule has 7 heteroatoms. The predicted molar refractivity (Wildman–Crippen MR) is 113 cm³/mol. The highest BCUT2D eigenvalue weighted by atomic mass is 16.5. The van der Waals surface area contributed by atoms with Crippen LogP contribution in [0.25, 0.3) is 22.2 Å². The molecule has 0 aliphatic carbocycles. The Hall–Kier alpha value is -3.11.